The van der Waals surface area contributed by atoms with Crippen molar-refractivity contribution in [2.75, 3.05) is 24.9 Å². The van der Waals surface area contributed by atoms with Gasteiger partial charge >= 0.3 is 12.2 Å². The fraction of sp³-hybridized carbons (Fsp3) is 0.222. The van der Waals surface area contributed by atoms with E-state index in [1.54, 1.807) is 0 Å². The van der Waals surface area contributed by atoms with Gasteiger partial charge in [0, 0.05) is 5.02 Å². The lowest BCUT2D eigenvalue weighted by molar-refractivity contribution is 0.186. The summed E-state index contributed by atoms with van der Waals surface area (Å²) in [5, 5.41) is 4.92. The molecule has 0 unspecified atom stereocenters. The van der Waals surface area contributed by atoms with Crippen LogP contribution in [0.5, 0.6) is 0 Å². The van der Waals surface area contributed by atoms with Gasteiger partial charge in [0.2, 0.25) is 0 Å². The molecule has 8 heteroatoms. The first-order chi connectivity index (χ1) is 8.05. The van der Waals surface area contributed by atoms with Crippen LogP contribution in [0, 0.1) is 0 Å². The van der Waals surface area contributed by atoms with Crippen LogP contribution < -0.4 is 10.6 Å². The lowest BCUT2D eigenvalue weighted by Crippen LogP contribution is -2.15. The normalized spacial score (nSPS) is 9.35. The number of rotatable bonds is 2. The Labute approximate surface area is 102 Å². The van der Waals surface area contributed by atoms with E-state index in [1.165, 1.54) is 26.4 Å². The van der Waals surface area contributed by atoms with E-state index in [0.717, 1.165) is 0 Å². The van der Waals surface area contributed by atoms with E-state index in [4.69, 9.17) is 11.6 Å². The number of pyridine rings is 1. The van der Waals surface area contributed by atoms with Crippen LogP contribution in [-0.4, -0.2) is 31.4 Å². The number of nitrogens with one attached hydrogen (secondary N) is 2. The average Bonchev–Trinajstić information content (AvgIpc) is 2.27. The Kier molecular flexibility index (Phi) is 4.53. The van der Waals surface area contributed by atoms with Gasteiger partial charge in [-0.3, -0.25) is 10.6 Å². The van der Waals surface area contributed by atoms with Crippen molar-refractivity contribution in [2.45, 2.75) is 0 Å². The molecular formula is C9H10ClN3O4. The third-order valence-corrected chi connectivity index (χ3v) is 1.84. The first-order valence-corrected chi connectivity index (χ1v) is 4.80. The number of amides is 2. The van der Waals surface area contributed by atoms with Gasteiger partial charge in [-0.25, -0.2) is 14.6 Å². The first-order valence-electron chi connectivity index (χ1n) is 4.42. The molecule has 7 nitrogen and oxygen atoms in total. The average molecular weight is 260 g/mol. The lowest BCUT2D eigenvalue weighted by Gasteiger charge is -2.07. The molecule has 0 saturated heterocycles. The molecule has 0 bridgehead atoms. The number of anilines is 2. The van der Waals surface area contributed by atoms with Crippen molar-refractivity contribution >= 4 is 35.4 Å². The van der Waals surface area contributed by atoms with E-state index in [2.05, 4.69) is 25.1 Å². The van der Waals surface area contributed by atoms with Gasteiger partial charge in [-0.15, -0.1) is 0 Å². The minimum Gasteiger partial charge on any atom is -0.453 e. The second kappa shape index (κ2) is 5.90. The van der Waals surface area contributed by atoms with E-state index >= 15 is 0 Å². The van der Waals surface area contributed by atoms with Crippen LogP contribution in [0.3, 0.4) is 0 Å². The molecule has 17 heavy (non-hydrogen) atoms. The van der Waals surface area contributed by atoms with Gasteiger partial charge in [0.1, 0.15) is 11.6 Å². The fourth-order valence-electron chi connectivity index (χ4n) is 0.936. The van der Waals surface area contributed by atoms with Crippen molar-refractivity contribution in [2.24, 2.45) is 0 Å². The molecule has 1 aromatic rings. The fourth-order valence-corrected chi connectivity index (χ4v) is 1.14. The highest BCUT2D eigenvalue weighted by atomic mass is 35.5. The van der Waals surface area contributed by atoms with Crippen LogP contribution in [0.2, 0.25) is 5.02 Å². The zero-order chi connectivity index (χ0) is 12.8. The molecule has 0 atom stereocenters. The predicted molar refractivity (Wildman–Crippen MR) is 61.3 cm³/mol. The summed E-state index contributed by atoms with van der Waals surface area (Å²) < 4.78 is 8.78. The van der Waals surface area contributed by atoms with Crippen LogP contribution in [-0.2, 0) is 9.47 Å². The van der Waals surface area contributed by atoms with Crippen LogP contribution in [0.15, 0.2) is 12.1 Å². The highest BCUT2D eigenvalue weighted by Crippen LogP contribution is 2.18. The predicted octanol–water partition coefficient (Wildman–Crippen LogP) is 2.09. The van der Waals surface area contributed by atoms with Crippen molar-refractivity contribution in [3.05, 3.63) is 17.2 Å². The van der Waals surface area contributed by atoms with Crippen LogP contribution >= 0.6 is 11.6 Å². The number of carbonyl (C=O) groups excluding carboxylic acids is 2. The van der Waals surface area contributed by atoms with Gasteiger partial charge in [0.25, 0.3) is 0 Å². The highest BCUT2D eigenvalue weighted by molar-refractivity contribution is 6.31. The van der Waals surface area contributed by atoms with Gasteiger partial charge in [-0.1, -0.05) is 11.6 Å². The van der Waals surface area contributed by atoms with Crippen LogP contribution in [0.4, 0.5) is 21.2 Å². The number of aromatic nitrogens is 1. The standard InChI is InChI=1S/C9H10ClN3O4/c1-16-8(14)12-6-3-5(10)4-7(11-6)13-9(15)17-2/h3-4H,1-2H3,(H2,11,12,13,14,15). The van der Waals surface area contributed by atoms with Crippen molar-refractivity contribution in [1.29, 1.82) is 0 Å². The van der Waals surface area contributed by atoms with Crippen molar-refractivity contribution in [3.63, 3.8) is 0 Å². The molecule has 2 amide bonds. The Bertz CT molecular complexity index is 402. The Morgan fingerprint density at radius 2 is 1.53 bits per heavy atom. The molecule has 0 aromatic carbocycles. The van der Waals surface area contributed by atoms with E-state index in [9.17, 15) is 9.59 Å². The Hall–Kier alpha value is -2.02. The zero-order valence-electron chi connectivity index (χ0n) is 9.11. The summed E-state index contributed by atoms with van der Waals surface area (Å²) in [6.45, 7) is 0. The molecule has 92 valence electrons. The topological polar surface area (TPSA) is 89.6 Å². The van der Waals surface area contributed by atoms with Crippen molar-refractivity contribution in [3.8, 4) is 0 Å². The molecule has 0 radical (unpaired) electrons. The van der Waals surface area contributed by atoms with Gasteiger partial charge < -0.3 is 9.47 Å². The van der Waals surface area contributed by atoms with Gasteiger partial charge in [-0.05, 0) is 12.1 Å². The Balaban J connectivity index is 2.86. The number of hydrogen-bond acceptors (Lipinski definition) is 5. The van der Waals surface area contributed by atoms with E-state index < -0.39 is 12.2 Å². The number of methoxy groups -OCH3 is 2. The third-order valence-electron chi connectivity index (χ3n) is 1.62. The molecular weight excluding hydrogens is 250 g/mol. The maximum atomic E-state index is 11.0. The van der Waals surface area contributed by atoms with E-state index in [-0.39, 0.29) is 16.7 Å². The van der Waals surface area contributed by atoms with Crippen LogP contribution in [0.1, 0.15) is 0 Å². The second-order valence-corrected chi connectivity index (χ2v) is 3.23. The molecule has 1 rings (SSSR count). The number of hydrogen-bond donors (Lipinski definition) is 2. The summed E-state index contributed by atoms with van der Waals surface area (Å²) in [5.41, 5.74) is 0. The van der Waals surface area contributed by atoms with E-state index in [0.29, 0.717) is 0 Å². The number of carbonyl (C=O) groups is 2. The van der Waals surface area contributed by atoms with Gasteiger partial charge in [0.05, 0.1) is 14.2 Å². The Morgan fingerprint density at radius 1 is 1.12 bits per heavy atom. The SMILES string of the molecule is COC(=O)Nc1cc(Cl)cc(NC(=O)OC)n1. The number of halogens is 1. The summed E-state index contributed by atoms with van der Waals surface area (Å²) in [7, 11) is 2.43. The number of ether oxygens (including phenoxy) is 2. The van der Waals surface area contributed by atoms with Crippen LogP contribution in [0.25, 0.3) is 0 Å². The minimum absolute atomic E-state index is 0.149. The molecule has 1 aromatic heterocycles. The second-order valence-electron chi connectivity index (χ2n) is 2.79. The maximum Gasteiger partial charge on any atom is 0.412 e. The van der Waals surface area contributed by atoms with Gasteiger partial charge in [-0.2, -0.15) is 0 Å². The Morgan fingerprint density at radius 3 is 1.88 bits per heavy atom. The van der Waals surface area contributed by atoms with E-state index in [1.807, 2.05) is 0 Å². The van der Waals surface area contributed by atoms with Crippen molar-refractivity contribution < 1.29 is 19.1 Å². The number of nitrogens with zero attached hydrogens (tertiary/aromatic N) is 1. The summed E-state index contributed by atoms with van der Waals surface area (Å²) in [5.74, 6) is 0.298. The highest BCUT2D eigenvalue weighted by Gasteiger charge is 2.08. The summed E-state index contributed by atoms with van der Waals surface area (Å²) in [6.07, 6.45) is -1.38. The smallest absolute Gasteiger partial charge is 0.412 e. The monoisotopic (exact) mass is 259 g/mol. The largest absolute Gasteiger partial charge is 0.453 e. The van der Waals surface area contributed by atoms with Crippen molar-refractivity contribution in [1.82, 2.24) is 4.98 Å². The third kappa shape index (κ3) is 4.15. The lowest BCUT2D eigenvalue weighted by atomic mass is 10.4. The van der Waals surface area contributed by atoms with Gasteiger partial charge in [0.15, 0.2) is 0 Å². The molecule has 0 spiro atoms. The molecule has 2 N–H and O–H groups in total. The quantitative estimate of drug-likeness (QED) is 0.849. The molecule has 0 fully saturated rings. The summed E-state index contributed by atoms with van der Waals surface area (Å²) >= 11 is 5.78. The minimum atomic E-state index is -0.691. The zero-order valence-corrected chi connectivity index (χ0v) is 9.87. The molecule has 1 heterocycles. The maximum absolute atomic E-state index is 11.0. The first kappa shape index (κ1) is 13.0. The molecule has 0 aliphatic rings. The molecule has 0 saturated carbocycles. The molecule has 0 aliphatic heterocycles. The summed E-state index contributed by atoms with van der Waals surface area (Å²) in [6, 6.07) is 2.81. The molecule has 0 aliphatic carbocycles. The summed E-state index contributed by atoms with van der Waals surface area (Å²) in [4.78, 5) is 25.8.